The van der Waals surface area contributed by atoms with Gasteiger partial charge in [0.15, 0.2) is 0 Å². The number of hydrogen-bond acceptors (Lipinski definition) is 4. The number of hydrogen-bond donors (Lipinski definition) is 0. The van der Waals surface area contributed by atoms with E-state index in [2.05, 4.69) is 4.74 Å². The van der Waals surface area contributed by atoms with Crippen molar-refractivity contribution in [2.75, 3.05) is 0 Å². The van der Waals surface area contributed by atoms with Crippen molar-refractivity contribution in [3.8, 4) is 0 Å². The minimum Gasteiger partial charge on any atom is -0.592 e. The number of ether oxygens (including phenoxy) is 1. The maximum Gasteiger partial charge on any atom is 0.359 e. The Kier molecular flexibility index (Phi) is 1.87. The third-order valence-corrected chi connectivity index (χ3v) is 2.62. The van der Waals surface area contributed by atoms with Crippen LogP contribution in [0.4, 0.5) is 0 Å². The fraction of sp³-hybridized carbons (Fsp3) is 0.125. The lowest BCUT2D eigenvalue weighted by molar-refractivity contribution is -0.171. The van der Waals surface area contributed by atoms with Crippen LogP contribution >= 0.6 is 8.03 Å². The third kappa shape index (κ3) is 1.24. The molecule has 5 heteroatoms. The van der Waals surface area contributed by atoms with E-state index in [4.69, 9.17) is 0 Å². The van der Waals surface area contributed by atoms with Crippen LogP contribution in [0.1, 0.15) is 21.8 Å². The van der Waals surface area contributed by atoms with E-state index in [1.54, 1.807) is 24.3 Å². The summed E-state index contributed by atoms with van der Waals surface area (Å²) in [4.78, 5) is 21.8. The lowest BCUT2D eigenvalue weighted by atomic mass is 10.1. The molecule has 2 atom stereocenters. The maximum atomic E-state index is 11.1. The molecule has 0 fully saturated rings. The Bertz CT molecular complexity index is 387. The zero-order chi connectivity index (χ0) is 9.42. The van der Waals surface area contributed by atoms with Gasteiger partial charge >= 0.3 is 19.8 Å². The summed E-state index contributed by atoms with van der Waals surface area (Å²) < 4.78 is 15.3. The van der Waals surface area contributed by atoms with Crippen molar-refractivity contribution >= 4 is 14.0 Å². The van der Waals surface area contributed by atoms with Crippen molar-refractivity contribution in [2.45, 2.75) is 5.85 Å². The molecule has 0 saturated carbocycles. The molecule has 0 aromatic heterocycles. The van der Waals surface area contributed by atoms with E-state index >= 15 is 0 Å². The molecule has 1 aliphatic heterocycles. The molecule has 0 spiro atoms. The van der Waals surface area contributed by atoms with Gasteiger partial charge in [-0.3, -0.25) is 0 Å². The summed E-state index contributed by atoms with van der Waals surface area (Å²) in [6, 6.07) is 6.47. The summed E-state index contributed by atoms with van der Waals surface area (Å²) in [6.07, 6.45) is 0. The second-order valence-corrected chi connectivity index (χ2v) is 3.67. The molecule has 4 nitrogen and oxygen atoms in total. The van der Waals surface area contributed by atoms with Crippen LogP contribution < -0.4 is 4.89 Å². The molecule has 2 unspecified atom stereocenters. The molecule has 0 N–H and O–H groups in total. The van der Waals surface area contributed by atoms with Crippen LogP contribution in [0.3, 0.4) is 0 Å². The molecule has 0 amide bonds. The fourth-order valence-corrected chi connectivity index (χ4v) is 1.92. The van der Waals surface area contributed by atoms with Crippen molar-refractivity contribution < 1.29 is 19.0 Å². The standard InChI is InChI=1S/C8H5O4P/c9-7-5-3-1-2-4-6(5)8(12-7)13(10)11/h1-4,8H. The summed E-state index contributed by atoms with van der Waals surface area (Å²) in [5.74, 6) is -1.67. The Labute approximate surface area is 75.0 Å². The Hall–Kier alpha value is -1.25. The minimum absolute atomic E-state index is 0.340. The topological polar surface area (TPSA) is 66.4 Å². The highest BCUT2D eigenvalue weighted by Gasteiger charge is 2.39. The van der Waals surface area contributed by atoms with Gasteiger partial charge in [-0.05, 0) is 12.1 Å². The number of benzene rings is 1. The van der Waals surface area contributed by atoms with Crippen LogP contribution in [0.2, 0.25) is 0 Å². The molecule has 0 aliphatic carbocycles. The number of carbonyl (C=O) groups is 1. The van der Waals surface area contributed by atoms with Crippen molar-refractivity contribution in [1.82, 2.24) is 0 Å². The lowest BCUT2D eigenvalue weighted by Crippen LogP contribution is -2.00. The summed E-state index contributed by atoms with van der Waals surface area (Å²) in [5.41, 5.74) is 0.773. The Morgan fingerprint density at radius 2 is 2.08 bits per heavy atom. The minimum atomic E-state index is -2.76. The Morgan fingerprint density at radius 1 is 1.38 bits per heavy atom. The highest BCUT2D eigenvalue weighted by Crippen LogP contribution is 2.42. The van der Waals surface area contributed by atoms with E-state index in [0.29, 0.717) is 11.1 Å². The van der Waals surface area contributed by atoms with Crippen LogP contribution in [0.25, 0.3) is 0 Å². The van der Waals surface area contributed by atoms with Gasteiger partial charge in [-0.2, -0.15) is 0 Å². The number of cyclic esters (lactones) is 1. The molecular weight excluding hydrogens is 191 g/mol. The third-order valence-electron chi connectivity index (χ3n) is 1.86. The van der Waals surface area contributed by atoms with E-state index in [-0.39, 0.29) is 0 Å². The first-order chi connectivity index (χ1) is 6.20. The van der Waals surface area contributed by atoms with Gasteiger partial charge in [-0.1, -0.05) is 16.7 Å². The first-order valence-electron chi connectivity index (χ1n) is 3.63. The summed E-state index contributed by atoms with van der Waals surface area (Å²) in [6.45, 7) is 0. The van der Waals surface area contributed by atoms with Gasteiger partial charge in [0.1, 0.15) is 0 Å². The first-order valence-corrected chi connectivity index (χ1v) is 4.88. The molecule has 1 aromatic carbocycles. The normalized spacial score (nSPS) is 20.8. The molecule has 0 bridgehead atoms. The Balaban J connectivity index is 2.53. The van der Waals surface area contributed by atoms with Gasteiger partial charge in [0.25, 0.3) is 0 Å². The van der Waals surface area contributed by atoms with Crippen molar-refractivity contribution in [3.63, 3.8) is 0 Å². The van der Waals surface area contributed by atoms with E-state index < -0.39 is 19.8 Å². The van der Waals surface area contributed by atoms with E-state index in [0.717, 1.165) is 0 Å². The molecule has 1 aromatic rings. The monoisotopic (exact) mass is 196 g/mol. The largest absolute Gasteiger partial charge is 0.592 e. The van der Waals surface area contributed by atoms with Gasteiger partial charge < -0.3 is 9.63 Å². The Morgan fingerprint density at radius 3 is 2.77 bits per heavy atom. The van der Waals surface area contributed by atoms with E-state index in [9.17, 15) is 14.3 Å². The second-order valence-electron chi connectivity index (χ2n) is 2.63. The zero-order valence-corrected chi connectivity index (χ0v) is 7.36. The first kappa shape index (κ1) is 8.35. The average Bonchev–Trinajstić information content (AvgIpc) is 2.45. The van der Waals surface area contributed by atoms with Gasteiger partial charge in [0.2, 0.25) is 0 Å². The van der Waals surface area contributed by atoms with Gasteiger partial charge in [-0.15, -0.1) is 0 Å². The smallest absolute Gasteiger partial charge is 0.359 e. The maximum absolute atomic E-state index is 11.1. The SMILES string of the molecule is O=C1OC([P+](=O)[O-])c2ccccc21. The fourth-order valence-electron chi connectivity index (χ4n) is 1.28. The number of fused-ring (bicyclic) bond motifs is 1. The number of esters is 1. The predicted molar refractivity (Wildman–Crippen MR) is 42.2 cm³/mol. The molecule has 1 heterocycles. The molecule has 0 radical (unpaired) electrons. The number of rotatable bonds is 1. The highest BCUT2D eigenvalue weighted by atomic mass is 31.1. The highest BCUT2D eigenvalue weighted by molar-refractivity contribution is 7.36. The summed E-state index contributed by atoms with van der Waals surface area (Å²) >= 11 is 0. The van der Waals surface area contributed by atoms with Crippen molar-refractivity contribution in [2.24, 2.45) is 0 Å². The summed E-state index contributed by atoms with van der Waals surface area (Å²) in [7, 11) is -2.76. The van der Waals surface area contributed by atoms with Crippen LogP contribution in [-0.4, -0.2) is 5.97 Å². The lowest BCUT2D eigenvalue weighted by Gasteiger charge is -1.98. The average molecular weight is 196 g/mol. The number of carbonyl (C=O) groups excluding carboxylic acids is 1. The van der Waals surface area contributed by atoms with E-state index in [1.807, 2.05) is 0 Å². The van der Waals surface area contributed by atoms with Crippen LogP contribution in [-0.2, 0) is 9.30 Å². The van der Waals surface area contributed by atoms with Crippen LogP contribution in [0.15, 0.2) is 24.3 Å². The molecule has 66 valence electrons. The quantitative estimate of drug-likeness (QED) is 0.495. The molecule has 13 heavy (non-hydrogen) atoms. The molecule has 1 aliphatic rings. The van der Waals surface area contributed by atoms with Gasteiger partial charge in [0, 0.05) is 0 Å². The molecule has 0 saturated heterocycles. The van der Waals surface area contributed by atoms with Crippen molar-refractivity contribution in [3.05, 3.63) is 35.4 Å². The van der Waals surface area contributed by atoms with Crippen LogP contribution in [0, 0.1) is 0 Å². The van der Waals surface area contributed by atoms with E-state index in [1.165, 1.54) is 0 Å². The van der Waals surface area contributed by atoms with Crippen LogP contribution in [0.5, 0.6) is 0 Å². The zero-order valence-electron chi connectivity index (χ0n) is 6.47. The molecular formula is C8H5O4P. The van der Waals surface area contributed by atoms with Crippen molar-refractivity contribution in [1.29, 1.82) is 0 Å². The summed E-state index contributed by atoms with van der Waals surface area (Å²) in [5, 5.41) is 0. The molecule has 2 rings (SSSR count). The van der Waals surface area contributed by atoms with Gasteiger partial charge in [-0.25, -0.2) is 4.79 Å². The second kappa shape index (κ2) is 2.91. The van der Waals surface area contributed by atoms with Gasteiger partial charge in [0.05, 0.1) is 11.1 Å². The predicted octanol–water partition coefficient (Wildman–Crippen LogP) is 0.958.